The summed E-state index contributed by atoms with van der Waals surface area (Å²) < 4.78 is 1.72. The van der Waals surface area contributed by atoms with Crippen molar-refractivity contribution < 1.29 is 0 Å². The molecule has 5 nitrogen and oxygen atoms in total. The van der Waals surface area contributed by atoms with Crippen LogP contribution in [0.15, 0.2) is 18.3 Å². The molecule has 1 saturated carbocycles. The number of halogens is 1. The molecule has 1 atom stereocenters. The Hall–Kier alpha value is -1.33. The lowest BCUT2D eigenvalue weighted by Crippen LogP contribution is -2.28. The Balaban J connectivity index is 1.48. The number of hydrogen-bond acceptors (Lipinski definition) is 4. The SMILES string of the molecule is Clc1ccc2nc(NC3CCN(C4CC4)C3)nn2c1. The lowest BCUT2D eigenvalue weighted by Gasteiger charge is -2.14. The smallest absolute Gasteiger partial charge is 0.243 e. The third-order valence-corrected chi connectivity index (χ3v) is 4.13. The second kappa shape index (κ2) is 4.35. The number of fused-ring (bicyclic) bond motifs is 1. The molecule has 0 spiro atoms. The summed E-state index contributed by atoms with van der Waals surface area (Å²) in [6.45, 7) is 2.31. The monoisotopic (exact) mass is 277 g/mol. The van der Waals surface area contributed by atoms with Crippen molar-refractivity contribution in [3.8, 4) is 0 Å². The van der Waals surface area contributed by atoms with Crippen molar-refractivity contribution in [2.24, 2.45) is 0 Å². The molecular formula is C13H16ClN5. The summed E-state index contributed by atoms with van der Waals surface area (Å²) in [5.41, 5.74) is 0.823. The molecule has 3 heterocycles. The molecule has 1 N–H and O–H groups in total. The number of pyridine rings is 1. The minimum absolute atomic E-state index is 0.466. The van der Waals surface area contributed by atoms with E-state index in [1.165, 1.54) is 25.8 Å². The first-order valence-corrected chi connectivity index (χ1v) is 7.18. The zero-order valence-corrected chi connectivity index (χ0v) is 11.3. The molecule has 2 aromatic rings. The second-order valence-electron chi connectivity index (χ2n) is 5.44. The van der Waals surface area contributed by atoms with Crippen molar-refractivity contribution in [2.75, 3.05) is 18.4 Å². The molecule has 2 fully saturated rings. The van der Waals surface area contributed by atoms with E-state index in [2.05, 4.69) is 20.3 Å². The highest BCUT2D eigenvalue weighted by atomic mass is 35.5. The van der Waals surface area contributed by atoms with Crippen molar-refractivity contribution in [1.29, 1.82) is 0 Å². The van der Waals surface area contributed by atoms with Crippen LogP contribution in [0.4, 0.5) is 5.95 Å². The van der Waals surface area contributed by atoms with E-state index in [9.17, 15) is 0 Å². The quantitative estimate of drug-likeness (QED) is 0.932. The van der Waals surface area contributed by atoms with Gasteiger partial charge in [-0.1, -0.05) is 11.6 Å². The highest BCUT2D eigenvalue weighted by Crippen LogP contribution is 2.30. The van der Waals surface area contributed by atoms with E-state index < -0.39 is 0 Å². The van der Waals surface area contributed by atoms with Gasteiger partial charge in [-0.25, -0.2) is 4.52 Å². The topological polar surface area (TPSA) is 45.5 Å². The van der Waals surface area contributed by atoms with Crippen molar-refractivity contribution in [3.63, 3.8) is 0 Å². The van der Waals surface area contributed by atoms with Gasteiger partial charge in [0.25, 0.3) is 0 Å². The number of anilines is 1. The van der Waals surface area contributed by atoms with Crippen molar-refractivity contribution in [3.05, 3.63) is 23.4 Å². The van der Waals surface area contributed by atoms with Crippen LogP contribution in [-0.4, -0.2) is 44.7 Å². The number of likely N-dealkylation sites (tertiary alicyclic amines) is 1. The number of nitrogens with one attached hydrogen (secondary N) is 1. The van der Waals surface area contributed by atoms with E-state index in [1.54, 1.807) is 10.7 Å². The van der Waals surface area contributed by atoms with Gasteiger partial charge in [0.05, 0.1) is 5.02 Å². The Bertz CT molecular complexity index is 606. The lowest BCUT2D eigenvalue weighted by molar-refractivity contribution is 0.326. The average Bonchev–Trinajstić information content (AvgIpc) is 3.01. The van der Waals surface area contributed by atoms with Gasteiger partial charge < -0.3 is 5.32 Å². The van der Waals surface area contributed by atoms with E-state index in [0.29, 0.717) is 17.0 Å². The summed E-state index contributed by atoms with van der Waals surface area (Å²) in [6.07, 6.45) is 5.70. The molecule has 1 saturated heterocycles. The third kappa shape index (κ3) is 2.28. The lowest BCUT2D eigenvalue weighted by atomic mass is 10.3. The molecule has 100 valence electrons. The Kier molecular flexibility index (Phi) is 2.63. The van der Waals surface area contributed by atoms with E-state index in [1.807, 2.05) is 12.1 Å². The standard InChI is InChI=1S/C13H16ClN5/c14-9-1-4-12-16-13(17-19(12)7-9)15-10-5-6-18(8-10)11-2-3-11/h1,4,7,10-11H,2-3,5-6,8H2,(H,15,17). The molecule has 2 aliphatic rings. The number of aromatic nitrogens is 3. The first-order valence-electron chi connectivity index (χ1n) is 6.80. The minimum atomic E-state index is 0.466. The van der Waals surface area contributed by atoms with Gasteiger partial charge >= 0.3 is 0 Å². The van der Waals surface area contributed by atoms with Gasteiger partial charge in [0.2, 0.25) is 5.95 Å². The summed E-state index contributed by atoms with van der Waals surface area (Å²) in [6, 6.07) is 5.03. The summed E-state index contributed by atoms with van der Waals surface area (Å²) in [5, 5.41) is 8.52. The first-order chi connectivity index (χ1) is 9.28. The fourth-order valence-corrected chi connectivity index (χ4v) is 2.93. The summed E-state index contributed by atoms with van der Waals surface area (Å²) in [4.78, 5) is 7.04. The molecule has 4 rings (SSSR count). The van der Waals surface area contributed by atoms with Crippen molar-refractivity contribution >= 4 is 23.2 Å². The summed E-state index contributed by atoms with van der Waals surface area (Å²) in [7, 11) is 0. The zero-order valence-electron chi connectivity index (χ0n) is 10.6. The van der Waals surface area contributed by atoms with Crippen LogP contribution in [0.1, 0.15) is 19.3 Å². The first kappa shape index (κ1) is 11.5. The Morgan fingerprint density at radius 2 is 2.16 bits per heavy atom. The van der Waals surface area contributed by atoms with Crippen molar-refractivity contribution in [1.82, 2.24) is 19.5 Å². The average molecular weight is 278 g/mol. The molecule has 1 aliphatic carbocycles. The Morgan fingerprint density at radius 1 is 1.26 bits per heavy atom. The molecule has 0 radical (unpaired) electrons. The third-order valence-electron chi connectivity index (χ3n) is 3.91. The van der Waals surface area contributed by atoms with E-state index in [-0.39, 0.29) is 0 Å². The minimum Gasteiger partial charge on any atom is -0.349 e. The largest absolute Gasteiger partial charge is 0.349 e. The molecular weight excluding hydrogens is 262 g/mol. The van der Waals surface area contributed by atoms with Crippen LogP contribution in [0.3, 0.4) is 0 Å². The van der Waals surface area contributed by atoms with Gasteiger partial charge in [0.15, 0.2) is 5.65 Å². The van der Waals surface area contributed by atoms with Crippen LogP contribution in [0.25, 0.3) is 5.65 Å². The van der Waals surface area contributed by atoms with Crippen LogP contribution >= 0.6 is 11.6 Å². The fourth-order valence-electron chi connectivity index (χ4n) is 2.78. The van der Waals surface area contributed by atoms with Crippen molar-refractivity contribution in [2.45, 2.75) is 31.3 Å². The van der Waals surface area contributed by atoms with E-state index in [0.717, 1.165) is 18.2 Å². The summed E-state index contributed by atoms with van der Waals surface area (Å²) in [5.74, 6) is 0.699. The molecule has 6 heteroatoms. The molecule has 2 aromatic heterocycles. The fraction of sp³-hybridized carbons (Fsp3) is 0.538. The predicted molar refractivity (Wildman–Crippen MR) is 74.6 cm³/mol. The number of nitrogens with zero attached hydrogens (tertiary/aromatic N) is 4. The maximum Gasteiger partial charge on any atom is 0.243 e. The highest BCUT2D eigenvalue weighted by Gasteiger charge is 2.34. The Morgan fingerprint density at radius 3 is 3.00 bits per heavy atom. The predicted octanol–water partition coefficient (Wildman–Crippen LogP) is 2.03. The van der Waals surface area contributed by atoms with E-state index in [4.69, 9.17) is 11.6 Å². The van der Waals surface area contributed by atoms with Gasteiger partial charge in [0, 0.05) is 31.4 Å². The molecule has 1 unspecified atom stereocenters. The van der Waals surface area contributed by atoms with Crippen LogP contribution in [0, 0.1) is 0 Å². The zero-order chi connectivity index (χ0) is 12.8. The molecule has 0 aromatic carbocycles. The Labute approximate surface area is 116 Å². The molecule has 0 bridgehead atoms. The maximum atomic E-state index is 5.94. The van der Waals surface area contributed by atoms with E-state index >= 15 is 0 Å². The molecule has 1 aliphatic heterocycles. The second-order valence-corrected chi connectivity index (χ2v) is 5.88. The van der Waals surface area contributed by atoms with Crippen LogP contribution in [0.5, 0.6) is 0 Å². The van der Waals surface area contributed by atoms with Gasteiger partial charge in [0.1, 0.15) is 0 Å². The normalized spacial score (nSPS) is 24.2. The van der Waals surface area contributed by atoms with Crippen LogP contribution < -0.4 is 5.32 Å². The highest BCUT2D eigenvalue weighted by molar-refractivity contribution is 6.30. The molecule has 19 heavy (non-hydrogen) atoms. The molecule has 0 amide bonds. The van der Waals surface area contributed by atoms with Gasteiger partial charge in [-0.3, -0.25) is 4.90 Å². The maximum absolute atomic E-state index is 5.94. The van der Waals surface area contributed by atoms with Crippen LogP contribution in [0.2, 0.25) is 5.02 Å². The summed E-state index contributed by atoms with van der Waals surface area (Å²) >= 11 is 5.94. The van der Waals surface area contributed by atoms with Crippen LogP contribution in [-0.2, 0) is 0 Å². The number of rotatable bonds is 3. The van der Waals surface area contributed by atoms with Gasteiger partial charge in [-0.2, -0.15) is 4.98 Å². The number of hydrogen-bond donors (Lipinski definition) is 1. The van der Waals surface area contributed by atoms with Gasteiger partial charge in [-0.05, 0) is 31.4 Å². The van der Waals surface area contributed by atoms with Gasteiger partial charge in [-0.15, -0.1) is 5.10 Å².